The molecule has 0 aromatic heterocycles. The van der Waals surface area contributed by atoms with Gasteiger partial charge in [0.05, 0.1) is 0 Å². The lowest BCUT2D eigenvalue weighted by molar-refractivity contribution is 1.44. The summed E-state index contributed by atoms with van der Waals surface area (Å²) in [5.74, 6) is 1.13. The van der Waals surface area contributed by atoms with Crippen LogP contribution in [0.5, 0.6) is 0 Å². The molecule has 0 saturated heterocycles. The van der Waals surface area contributed by atoms with E-state index in [1.54, 1.807) is 0 Å². The van der Waals surface area contributed by atoms with Gasteiger partial charge in [0.2, 0.25) is 0 Å². The highest BCUT2D eigenvalue weighted by Crippen LogP contribution is 2.01. The molecule has 4 heteroatoms. The van der Waals surface area contributed by atoms with E-state index in [1.807, 2.05) is 12.1 Å². The molecule has 24 heavy (non-hydrogen) atoms. The fraction of sp³-hybridized carbons (Fsp3) is 0.100. The van der Waals surface area contributed by atoms with Gasteiger partial charge in [-0.2, -0.15) is 0 Å². The Morgan fingerprint density at radius 2 is 0.917 bits per heavy atom. The molecule has 0 N–H and O–H groups in total. The lowest BCUT2D eigenvalue weighted by atomic mass is 10.2. The van der Waals surface area contributed by atoms with Crippen LogP contribution >= 0.6 is 23.2 Å². The summed E-state index contributed by atoms with van der Waals surface area (Å²) >= 11 is 12.1. The zero-order valence-corrected chi connectivity index (χ0v) is 16.6. The first-order chi connectivity index (χ1) is 11.8. The Morgan fingerprint density at radius 3 is 1.29 bits per heavy atom. The van der Waals surface area contributed by atoms with Gasteiger partial charge in [-0.25, -0.2) is 0 Å². The average molecular weight is 383 g/mol. The molecule has 3 aromatic carbocycles. The number of benzene rings is 3. The first-order valence-corrected chi connectivity index (χ1v) is 10.8. The van der Waals surface area contributed by atoms with Gasteiger partial charge >= 0.3 is 0 Å². The minimum Gasteiger partial charge on any atom is -0.122 e. The number of rotatable bonds is 6. The smallest absolute Gasteiger partial charge is 0.121 e. The third kappa shape index (κ3) is 4.39. The third-order valence-electron chi connectivity index (χ3n) is 3.77. The molecular formula is C20H16Cl2Si2. The summed E-state index contributed by atoms with van der Waals surface area (Å²) in [7, 11) is 1.28. The van der Waals surface area contributed by atoms with Gasteiger partial charge in [-0.3, -0.25) is 0 Å². The number of hydrogen-bond acceptors (Lipinski definition) is 0. The highest BCUT2D eigenvalue weighted by atomic mass is 35.5. The van der Waals surface area contributed by atoms with Crippen LogP contribution in [0.3, 0.4) is 0 Å². The molecular weight excluding hydrogens is 367 g/mol. The molecule has 0 spiro atoms. The van der Waals surface area contributed by atoms with Gasteiger partial charge in [-0.1, -0.05) is 93.5 Å². The van der Waals surface area contributed by atoms with E-state index in [0.717, 1.165) is 0 Å². The Morgan fingerprint density at radius 1 is 0.542 bits per heavy atom. The second kappa shape index (κ2) is 8.68. The average Bonchev–Trinajstić information content (AvgIpc) is 2.64. The molecule has 0 aliphatic heterocycles. The SMILES string of the molecule is ClCc1ccccc1[Si]c1ccc([Si]c2ccccc2CCl)cc1. The predicted octanol–water partition coefficient (Wildman–Crippen LogP) is 2.47. The predicted molar refractivity (Wildman–Crippen MR) is 108 cm³/mol. The van der Waals surface area contributed by atoms with Crippen molar-refractivity contribution in [1.82, 2.24) is 0 Å². The maximum atomic E-state index is 6.04. The van der Waals surface area contributed by atoms with E-state index in [4.69, 9.17) is 23.2 Å². The molecule has 0 nitrogen and oxygen atoms in total. The normalized spacial score (nSPS) is 10.8. The number of alkyl halides is 2. The maximum absolute atomic E-state index is 6.04. The summed E-state index contributed by atoms with van der Waals surface area (Å²) in [5, 5.41) is 5.34. The van der Waals surface area contributed by atoms with Crippen LogP contribution in [0, 0.1) is 0 Å². The first-order valence-electron chi connectivity index (χ1n) is 7.72. The van der Waals surface area contributed by atoms with E-state index >= 15 is 0 Å². The van der Waals surface area contributed by atoms with Crippen molar-refractivity contribution in [2.45, 2.75) is 11.8 Å². The van der Waals surface area contributed by atoms with E-state index in [-0.39, 0.29) is 0 Å². The van der Waals surface area contributed by atoms with Gasteiger partial charge in [-0.15, -0.1) is 23.2 Å². The van der Waals surface area contributed by atoms with Crippen molar-refractivity contribution in [1.29, 1.82) is 0 Å². The Hall–Kier alpha value is -1.33. The van der Waals surface area contributed by atoms with Crippen molar-refractivity contribution in [3.05, 3.63) is 83.9 Å². The van der Waals surface area contributed by atoms with Gasteiger partial charge in [0.1, 0.15) is 19.0 Å². The summed E-state index contributed by atoms with van der Waals surface area (Å²) in [6.45, 7) is 0. The standard InChI is InChI=1S/C20H16Cl2Si2/c21-13-15-5-1-3-7-19(15)23-17-9-11-18(12-10-17)24-20-8-4-2-6-16(20)14-22/h1-12H,13-14H2. The molecule has 0 atom stereocenters. The molecule has 0 fully saturated rings. The molecule has 118 valence electrons. The van der Waals surface area contributed by atoms with Crippen LogP contribution in [-0.2, 0) is 11.8 Å². The lowest BCUT2D eigenvalue weighted by Gasteiger charge is -2.08. The third-order valence-corrected chi connectivity index (χ3v) is 7.10. The monoisotopic (exact) mass is 382 g/mol. The van der Waals surface area contributed by atoms with Crippen LogP contribution in [0.1, 0.15) is 11.1 Å². The van der Waals surface area contributed by atoms with Gasteiger partial charge in [0.15, 0.2) is 0 Å². The number of hydrogen-bond donors (Lipinski definition) is 0. The second-order valence-electron chi connectivity index (χ2n) is 5.41. The van der Waals surface area contributed by atoms with Crippen LogP contribution in [0.2, 0.25) is 0 Å². The summed E-state index contributed by atoms with van der Waals surface area (Å²) in [4.78, 5) is 0. The van der Waals surface area contributed by atoms with Crippen molar-refractivity contribution in [3.63, 3.8) is 0 Å². The van der Waals surface area contributed by atoms with Crippen LogP contribution in [0.25, 0.3) is 0 Å². The molecule has 0 amide bonds. The van der Waals surface area contributed by atoms with E-state index in [0.29, 0.717) is 30.8 Å². The van der Waals surface area contributed by atoms with E-state index in [2.05, 4.69) is 60.7 Å². The van der Waals surface area contributed by atoms with Gasteiger partial charge in [0, 0.05) is 11.8 Å². The van der Waals surface area contributed by atoms with Crippen molar-refractivity contribution in [3.8, 4) is 0 Å². The highest BCUT2D eigenvalue weighted by Gasteiger charge is 2.06. The van der Waals surface area contributed by atoms with E-state index < -0.39 is 0 Å². The Bertz CT molecular complexity index is 732. The van der Waals surface area contributed by atoms with Gasteiger partial charge in [-0.05, 0) is 11.1 Å². The summed E-state index contributed by atoms with van der Waals surface area (Å²) in [5.41, 5.74) is 2.44. The van der Waals surface area contributed by atoms with Crippen LogP contribution in [0.4, 0.5) is 0 Å². The van der Waals surface area contributed by atoms with Crippen LogP contribution < -0.4 is 20.7 Å². The molecule has 0 heterocycles. The fourth-order valence-electron chi connectivity index (χ4n) is 2.47. The molecule has 3 rings (SSSR count). The molecule has 0 saturated carbocycles. The molecule has 4 radical (unpaired) electrons. The topological polar surface area (TPSA) is 0 Å². The van der Waals surface area contributed by atoms with E-state index in [9.17, 15) is 0 Å². The Kier molecular flexibility index (Phi) is 6.33. The summed E-state index contributed by atoms with van der Waals surface area (Å²) in [6, 6.07) is 25.7. The zero-order valence-electron chi connectivity index (χ0n) is 13.1. The zero-order chi connectivity index (χ0) is 16.8. The Balaban J connectivity index is 1.74. The fourth-order valence-corrected chi connectivity index (χ4v) is 5.47. The molecule has 0 unspecified atom stereocenters. The van der Waals surface area contributed by atoms with Gasteiger partial charge < -0.3 is 0 Å². The molecule has 0 bridgehead atoms. The molecule has 0 aliphatic carbocycles. The lowest BCUT2D eigenvalue weighted by Crippen LogP contribution is -2.33. The van der Waals surface area contributed by atoms with E-state index in [1.165, 1.54) is 31.9 Å². The minimum absolute atomic E-state index is 0.567. The largest absolute Gasteiger partial charge is 0.122 e. The summed E-state index contributed by atoms with van der Waals surface area (Å²) < 4.78 is 0. The van der Waals surface area contributed by atoms with Crippen molar-refractivity contribution >= 4 is 63.0 Å². The van der Waals surface area contributed by atoms with Crippen molar-refractivity contribution in [2.24, 2.45) is 0 Å². The quantitative estimate of drug-likeness (QED) is 0.453. The minimum atomic E-state index is 0.567. The van der Waals surface area contributed by atoms with Crippen LogP contribution in [-0.4, -0.2) is 19.0 Å². The Labute approximate surface area is 158 Å². The van der Waals surface area contributed by atoms with Crippen molar-refractivity contribution in [2.75, 3.05) is 0 Å². The van der Waals surface area contributed by atoms with Crippen LogP contribution in [0.15, 0.2) is 72.8 Å². The van der Waals surface area contributed by atoms with Crippen molar-refractivity contribution < 1.29 is 0 Å². The first kappa shape index (κ1) is 17.5. The molecule has 0 aliphatic rings. The highest BCUT2D eigenvalue weighted by molar-refractivity contribution is 6.69. The summed E-state index contributed by atoms with van der Waals surface area (Å²) in [6.07, 6.45) is 0. The molecule has 3 aromatic rings. The maximum Gasteiger partial charge on any atom is 0.121 e. The number of halogens is 2. The van der Waals surface area contributed by atoms with Gasteiger partial charge in [0.25, 0.3) is 0 Å². The second-order valence-corrected chi connectivity index (χ2v) is 8.68.